The number of nitrogens with zero attached hydrogens (tertiary/aromatic N) is 1. The van der Waals surface area contributed by atoms with Crippen LogP contribution in [0.2, 0.25) is 0 Å². The zero-order valence-electron chi connectivity index (χ0n) is 10.2. The minimum absolute atomic E-state index is 0.0679. The number of methoxy groups -OCH3 is 1. The number of pyridine rings is 1. The third kappa shape index (κ3) is 2.99. The summed E-state index contributed by atoms with van der Waals surface area (Å²) in [5.74, 6) is 1.31. The number of aliphatic hydroxyl groups excluding tert-OH is 1. The molecular weight excluding hydrogens is 230 g/mol. The molecule has 0 saturated carbocycles. The topological polar surface area (TPSA) is 51.6 Å². The molecule has 2 aromatic rings. The first-order valence-electron chi connectivity index (χ1n) is 5.64. The Labute approximate surface area is 106 Å². The Hall–Kier alpha value is -2.07. The monoisotopic (exact) mass is 245 g/mol. The van der Waals surface area contributed by atoms with E-state index >= 15 is 0 Å². The van der Waals surface area contributed by atoms with Gasteiger partial charge in [-0.1, -0.05) is 6.07 Å². The van der Waals surface area contributed by atoms with E-state index in [9.17, 15) is 5.11 Å². The van der Waals surface area contributed by atoms with Crippen LogP contribution in [0.4, 0.5) is 0 Å². The summed E-state index contributed by atoms with van der Waals surface area (Å²) in [7, 11) is 1.59. The van der Waals surface area contributed by atoms with Gasteiger partial charge in [-0.2, -0.15) is 0 Å². The summed E-state index contributed by atoms with van der Waals surface area (Å²) < 4.78 is 10.8. The molecule has 0 unspecified atom stereocenters. The molecule has 4 nitrogen and oxygen atoms in total. The van der Waals surface area contributed by atoms with Crippen LogP contribution in [0.15, 0.2) is 42.6 Å². The predicted octanol–water partition coefficient (Wildman–Crippen LogP) is 2.16. The van der Waals surface area contributed by atoms with E-state index in [4.69, 9.17) is 9.47 Å². The molecule has 0 atom stereocenters. The lowest BCUT2D eigenvalue weighted by Gasteiger charge is -2.11. The molecule has 0 saturated heterocycles. The highest BCUT2D eigenvalue weighted by Crippen LogP contribution is 2.25. The van der Waals surface area contributed by atoms with Crippen LogP contribution >= 0.6 is 0 Å². The molecule has 0 aliphatic heterocycles. The lowest BCUT2D eigenvalue weighted by atomic mass is 10.2. The molecule has 0 radical (unpaired) electrons. The molecule has 18 heavy (non-hydrogen) atoms. The number of ether oxygens (including phenoxy) is 2. The summed E-state index contributed by atoms with van der Waals surface area (Å²) in [6.45, 7) is 0.294. The Morgan fingerprint density at radius 1 is 1.22 bits per heavy atom. The van der Waals surface area contributed by atoms with Crippen LogP contribution in [0.3, 0.4) is 0 Å². The third-order valence-corrected chi connectivity index (χ3v) is 2.55. The van der Waals surface area contributed by atoms with Crippen LogP contribution in [0.25, 0.3) is 0 Å². The van der Waals surface area contributed by atoms with Crippen molar-refractivity contribution in [1.29, 1.82) is 0 Å². The van der Waals surface area contributed by atoms with Gasteiger partial charge in [0.2, 0.25) is 0 Å². The van der Waals surface area contributed by atoms with Crippen molar-refractivity contribution in [3.05, 3.63) is 53.9 Å². The molecule has 1 N–H and O–H groups in total. The first kappa shape index (κ1) is 12.4. The van der Waals surface area contributed by atoms with Gasteiger partial charge < -0.3 is 14.6 Å². The Morgan fingerprint density at radius 2 is 2.11 bits per heavy atom. The summed E-state index contributed by atoms with van der Waals surface area (Å²) in [6.07, 6.45) is 1.72. The van der Waals surface area contributed by atoms with Crippen molar-refractivity contribution in [2.75, 3.05) is 7.11 Å². The van der Waals surface area contributed by atoms with Gasteiger partial charge in [0, 0.05) is 17.8 Å². The molecule has 0 aliphatic rings. The summed E-state index contributed by atoms with van der Waals surface area (Å²) in [4.78, 5) is 4.17. The molecule has 0 aliphatic carbocycles. The van der Waals surface area contributed by atoms with Gasteiger partial charge in [-0.05, 0) is 24.3 Å². The van der Waals surface area contributed by atoms with E-state index in [-0.39, 0.29) is 6.61 Å². The van der Waals surface area contributed by atoms with Crippen LogP contribution in [0.1, 0.15) is 11.3 Å². The van der Waals surface area contributed by atoms with Gasteiger partial charge in [0.15, 0.2) is 0 Å². The van der Waals surface area contributed by atoms with Crippen LogP contribution in [0, 0.1) is 0 Å². The van der Waals surface area contributed by atoms with Crippen molar-refractivity contribution in [1.82, 2.24) is 4.98 Å². The smallest absolute Gasteiger partial charge is 0.130 e. The number of aliphatic hydroxyl groups is 1. The van der Waals surface area contributed by atoms with E-state index in [1.54, 1.807) is 31.5 Å². The number of aromatic nitrogens is 1. The first-order valence-corrected chi connectivity index (χ1v) is 5.64. The Kier molecular flexibility index (Phi) is 4.15. The van der Waals surface area contributed by atoms with Crippen molar-refractivity contribution in [2.24, 2.45) is 0 Å². The summed E-state index contributed by atoms with van der Waals surface area (Å²) in [5, 5.41) is 9.24. The molecule has 0 fully saturated rings. The molecule has 4 heteroatoms. The van der Waals surface area contributed by atoms with Crippen molar-refractivity contribution < 1.29 is 14.6 Å². The number of benzene rings is 1. The molecule has 0 bridgehead atoms. The zero-order chi connectivity index (χ0) is 12.8. The molecule has 0 spiro atoms. The number of hydrogen-bond acceptors (Lipinski definition) is 4. The number of hydrogen-bond donors (Lipinski definition) is 1. The van der Waals surface area contributed by atoms with Gasteiger partial charge in [0.1, 0.15) is 18.1 Å². The standard InChI is InChI=1S/C14H15NO3/c1-17-13-6-5-11(9-16)14(8-13)18-10-12-4-2-3-7-15-12/h2-8,16H,9-10H2,1H3. The minimum atomic E-state index is -0.0679. The number of rotatable bonds is 5. The maximum Gasteiger partial charge on any atom is 0.130 e. The van der Waals surface area contributed by atoms with Crippen LogP contribution in [-0.2, 0) is 13.2 Å². The quantitative estimate of drug-likeness (QED) is 0.877. The second-order valence-corrected chi connectivity index (χ2v) is 3.74. The largest absolute Gasteiger partial charge is 0.497 e. The molecule has 94 valence electrons. The summed E-state index contributed by atoms with van der Waals surface area (Å²) >= 11 is 0. The average Bonchev–Trinajstić information content (AvgIpc) is 2.45. The molecule has 1 aromatic heterocycles. The van der Waals surface area contributed by atoms with Crippen LogP contribution < -0.4 is 9.47 Å². The Balaban J connectivity index is 2.12. The van der Waals surface area contributed by atoms with E-state index < -0.39 is 0 Å². The van der Waals surface area contributed by atoms with Gasteiger partial charge in [0.25, 0.3) is 0 Å². The second-order valence-electron chi connectivity index (χ2n) is 3.74. The lowest BCUT2D eigenvalue weighted by molar-refractivity contribution is 0.256. The molecule has 1 aromatic carbocycles. The Morgan fingerprint density at radius 3 is 2.78 bits per heavy atom. The van der Waals surface area contributed by atoms with Crippen molar-refractivity contribution in [3.8, 4) is 11.5 Å². The van der Waals surface area contributed by atoms with E-state index in [1.165, 1.54) is 0 Å². The Bertz CT molecular complexity index is 500. The third-order valence-electron chi connectivity index (χ3n) is 2.55. The normalized spacial score (nSPS) is 10.1. The van der Waals surface area contributed by atoms with E-state index in [0.29, 0.717) is 18.1 Å². The molecular formula is C14H15NO3. The molecule has 1 heterocycles. The molecule has 2 rings (SSSR count). The van der Waals surface area contributed by atoms with Gasteiger partial charge in [-0.15, -0.1) is 0 Å². The van der Waals surface area contributed by atoms with Crippen LogP contribution in [-0.4, -0.2) is 17.2 Å². The van der Waals surface area contributed by atoms with Gasteiger partial charge >= 0.3 is 0 Å². The van der Waals surface area contributed by atoms with E-state index in [0.717, 1.165) is 11.3 Å². The molecule has 0 amide bonds. The zero-order valence-corrected chi connectivity index (χ0v) is 10.2. The van der Waals surface area contributed by atoms with Crippen LogP contribution in [0.5, 0.6) is 11.5 Å². The average molecular weight is 245 g/mol. The SMILES string of the molecule is COc1ccc(CO)c(OCc2ccccn2)c1. The lowest BCUT2D eigenvalue weighted by Crippen LogP contribution is -2.00. The highest BCUT2D eigenvalue weighted by molar-refractivity contribution is 5.40. The maximum atomic E-state index is 9.24. The first-order chi connectivity index (χ1) is 8.83. The van der Waals surface area contributed by atoms with Crippen molar-refractivity contribution >= 4 is 0 Å². The van der Waals surface area contributed by atoms with Gasteiger partial charge in [-0.3, -0.25) is 4.98 Å². The van der Waals surface area contributed by atoms with Crippen molar-refractivity contribution in [2.45, 2.75) is 13.2 Å². The highest BCUT2D eigenvalue weighted by atomic mass is 16.5. The summed E-state index contributed by atoms with van der Waals surface area (Å²) in [5.41, 5.74) is 1.57. The fourth-order valence-corrected chi connectivity index (χ4v) is 1.56. The van der Waals surface area contributed by atoms with E-state index in [1.807, 2.05) is 18.2 Å². The summed E-state index contributed by atoms with van der Waals surface area (Å²) in [6, 6.07) is 11.0. The highest BCUT2D eigenvalue weighted by Gasteiger charge is 2.05. The minimum Gasteiger partial charge on any atom is -0.497 e. The van der Waals surface area contributed by atoms with Gasteiger partial charge in [0.05, 0.1) is 19.4 Å². The van der Waals surface area contributed by atoms with Gasteiger partial charge in [-0.25, -0.2) is 0 Å². The second kappa shape index (κ2) is 6.02. The predicted molar refractivity (Wildman–Crippen MR) is 67.5 cm³/mol. The van der Waals surface area contributed by atoms with E-state index in [2.05, 4.69) is 4.98 Å². The van der Waals surface area contributed by atoms with Crippen molar-refractivity contribution in [3.63, 3.8) is 0 Å². The fourth-order valence-electron chi connectivity index (χ4n) is 1.56. The fraction of sp³-hybridized carbons (Fsp3) is 0.214. The maximum absolute atomic E-state index is 9.24.